The van der Waals surface area contributed by atoms with Gasteiger partial charge < -0.3 is 9.47 Å². The van der Waals surface area contributed by atoms with E-state index in [4.69, 9.17) is 9.47 Å². The molecule has 0 aromatic heterocycles. The van der Waals surface area contributed by atoms with Crippen molar-refractivity contribution in [2.45, 2.75) is 59.2 Å². The molecular weight excluding hydrogens is 348 g/mol. The minimum Gasteiger partial charge on any atom is -0.377 e. The molecule has 0 radical (unpaired) electrons. The van der Waals surface area contributed by atoms with Crippen molar-refractivity contribution in [3.63, 3.8) is 0 Å². The van der Waals surface area contributed by atoms with Crippen LogP contribution in [0.5, 0.6) is 0 Å². The fraction of sp³-hybridized carbons (Fsp3) is 0.480. The number of rotatable bonds is 13. The summed E-state index contributed by atoms with van der Waals surface area (Å²) in [5.41, 5.74) is 3.45. The van der Waals surface area contributed by atoms with Crippen molar-refractivity contribution in [2.75, 3.05) is 13.2 Å². The Hall–Kier alpha value is -1.97. The van der Waals surface area contributed by atoms with Gasteiger partial charge in [0.25, 0.3) is 0 Å². The van der Waals surface area contributed by atoms with Gasteiger partial charge in [-0.05, 0) is 35.4 Å². The zero-order chi connectivity index (χ0) is 20.2. The maximum Gasteiger partial charge on any atom is 0.140 e. The van der Waals surface area contributed by atoms with Crippen LogP contribution in [0.4, 0.5) is 0 Å². The van der Waals surface area contributed by atoms with E-state index in [0.717, 1.165) is 30.6 Å². The third-order valence-electron chi connectivity index (χ3n) is 4.79. The second-order valence-corrected chi connectivity index (χ2v) is 7.62. The lowest BCUT2D eigenvalue weighted by Gasteiger charge is -2.20. The van der Waals surface area contributed by atoms with Crippen LogP contribution in [0.25, 0.3) is 0 Å². The molecule has 0 spiro atoms. The summed E-state index contributed by atoms with van der Waals surface area (Å²) in [7, 11) is 0. The second-order valence-electron chi connectivity index (χ2n) is 7.62. The Morgan fingerprint density at radius 1 is 0.857 bits per heavy atom. The Kier molecular flexibility index (Phi) is 9.95. The molecule has 0 saturated carbocycles. The number of ketones is 1. The molecule has 0 bridgehead atoms. The van der Waals surface area contributed by atoms with Crippen LogP contribution in [0.3, 0.4) is 0 Å². The number of Topliss-reactive ketones (excluding diaryl/α,β-unsaturated/α-hetero) is 1. The summed E-state index contributed by atoms with van der Waals surface area (Å²) in [4.78, 5) is 12.7. The van der Waals surface area contributed by atoms with Crippen molar-refractivity contribution >= 4 is 5.78 Å². The minimum atomic E-state index is -0.0244. The van der Waals surface area contributed by atoms with Crippen LogP contribution in [-0.2, 0) is 27.5 Å². The normalized spacial score (nSPS) is 12.3. The highest BCUT2D eigenvalue weighted by Crippen LogP contribution is 2.26. The molecule has 28 heavy (non-hydrogen) atoms. The second kappa shape index (κ2) is 12.5. The van der Waals surface area contributed by atoms with Gasteiger partial charge in [-0.15, -0.1) is 0 Å². The fourth-order valence-electron chi connectivity index (χ4n) is 3.36. The van der Waals surface area contributed by atoms with Gasteiger partial charge in [0.2, 0.25) is 0 Å². The predicted molar refractivity (Wildman–Crippen MR) is 114 cm³/mol. The van der Waals surface area contributed by atoms with Crippen LogP contribution in [0.1, 0.15) is 62.6 Å². The summed E-state index contributed by atoms with van der Waals surface area (Å²) in [6.45, 7) is 8.98. The number of ether oxygens (including phenoxy) is 2. The topological polar surface area (TPSA) is 35.5 Å². The summed E-state index contributed by atoms with van der Waals surface area (Å²) in [6.07, 6.45) is 2.36. The molecule has 0 heterocycles. The summed E-state index contributed by atoms with van der Waals surface area (Å²) in [5.74, 6) is 0.584. The minimum absolute atomic E-state index is 0.0244. The van der Waals surface area contributed by atoms with Gasteiger partial charge in [-0.1, -0.05) is 75.4 Å². The molecule has 0 saturated heterocycles. The SMILES string of the molecule is CCCOCc1ccc(COCCCC(=O)C(c2ccccc2)C(C)C)cc1. The van der Waals surface area contributed by atoms with Crippen LogP contribution in [0.2, 0.25) is 0 Å². The lowest BCUT2D eigenvalue weighted by Crippen LogP contribution is -2.18. The summed E-state index contributed by atoms with van der Waals surface area (Å²) >= 11 is 0. The van der Waals surface area contributed by atoms with Crippen LogP contribution < -0.4 is 0 Å². The molecule has 0 aliphatic carbocycles. The molecule has 2 aromatic carbocycles. The van der Waals surface area contributed by atoms with E-state index < -0.39 is 0 Å². The maximum atomic E-state index is 12.7. The zero-order valence-electron chi connectivity index (χ0n) is 17.5. The zero-order valence-corrected chi connectivity index (χ0v) is 17.5. The molecule has 3 nitrogen and oxygen atoms in total. The predicted octanol–water partition coefficient (Wildman–Crippen LogP) is 5.92. The Morgan fingerprint density at radius 3 is 1.96 bits per heavy atom. The van der Waals surface area contributed by atoms with Crippen molar-refractivity contribution in [1.29, 1.82) is 0 Å². The molecule has 0 amide bonds. The largest absolute Gasteiger partial charge is 0.377 e. The number of hydrogen-bond donors (Lipinski definition) is 0. The Balaban J connectivity index is 1.70. The van der Waals surface area contributed by atoms with E-state index in [1.165, 1.54) is 5.56 Å². The van der Waals surface area contributed by atoms with Crippen LogP contribution in [-0.4, -0.2) is 19.0 Å². The maximum absolute atomic E-state index is 12.7. The van der Waals surface area contributed by atoms with Crippen LogP contribution in [0.15, 0.2) is 54.6 Å². The van der Waals surface area contributed by atoms with Crippen molar-refractivity contribution in [3.8, 4) is 0 Å². The number of carbonyl (C=O) groups is 1. The number of hydrogen-bond acceptors (Lipinski definition) is 3. The molecular formula is C25H34O3. The molecule has 2 rings (SSSR count). The van der Waals surface area contributed by atoms with Crippen molar-refractivity contribution < 1.29 is 14.3 Å². The van der Waals surface area contributed by atoms with Crippen molar-refractivity contribution in [1.82, 2.24) is 0 Å². The first-order chi connectivity index (χ1) is 13.6. The number of carbonyl (C=O) groups excluding carboxylic acids is 1. The van der Waals surface area contributed by atoms with Gasteiger partial charge in [0.1, 0.15) is 5.78 Å². The van der Waals surface area contributed by atoms with E-state index in [1.54, 1.807) is 0 Å². The first-order valence-electron chi connectivity index (χ1n) is 10.4. The highest BCUT2D eigenvalue weighted by molar-refractivity contribution is 5.86. The molecule has 0 fully saturated rings. The Morgan fingerprint density at radius 2 is 1.43 bits per heavy atom. The standard InChI is InChI=1S/C25H34O3/c1-4-16-27-18-21-12-14-22(15-13-21)19-28-17-8-11-24(26)25(20(2)3)23-9-6-5-7-10-23/h5-7,9-10,12-15,20,25H,4,8,11,16-19H2,1-3H3. The monoisotopic (exact) mass is 382 g/mol. The van der Waals surface area contributed by atoms with Gasteiger partial charge >= 0.3 is 0 Å². The van der Waals surface area contributed by atoms with Gasteiger partial charge in [-0.25, -0.2) is 0 Å². The molecule has 152 valence electrons. The van der Waals surface area contributed by atoms with Gasteiger partial charge in [-0.2, -0.15) is 0 Å². The molecule has 1 unspecified atom stereocenters. The Bertz CT molecular complexity index is 677. The van der Waals surface area contributed by atoms with Crippen LogP contribution in [0, 0.1) is 5.92 Å². The van der Waals surface area contributed by atoms with E-state index in [9.17, 15) is 4.79 Å². The average molecular weight is 383 g/mol. The summed E-state index contributed by atoms with van der Waals surface area (Å²) in [5, 5.41) is 0. The van der Waals surface area contributed by atoms with E-state index in [0.29, 0.717) is 37.9 Å². The first-order valence-corrected chi connectivity index (χ1v) is 10.4. The van der Waals surface area contributed by atoms with E-state index in [2.05, 4.69) is 57.2 Å². The van der Waals surface area contributed by atoms with Crippen molar-refractivity contribution in [2.24, 2.45) is 5.92 Å². The van der Waals surface area contributed by atoms with E-state index in [-0.39, 0.29) is 5.92 Å². The molecule has 2 aromatic rings. The van der Waals surface area contributed by atoms with Crippen LogP contribution >= 0.6 is 0 Å². The molecule has 3 heteroatoms. The van der Waals surface area contributed by atoms with Crippen molar-refractivity contribution in [3.05, 3.63) is 71.3 Å². The quantitative estimate of drug-likeness (QED) is 0.403. The highest BCUT2D eigenvalue weighted by atomic mass is 16.5. The van der Waals surface area contributed by atoms with Gasteiger partial charge in [0.15, 0.2) is 0 Å². The lowest BCUT2D eigenvalue weighted by atomic mass is 9.83. The summed E-state index contributed by atoms with van der Waals surface area (Å²) in [6, 6.07) is 18.4. The molecule has 0 aliphatic rings. The third kappa shape index (κ3) is 7.57. The average Bonchev–Trinajstić information content (AvgIpc) is 2.70. The van der Waals surface area contributed by atoms with E-state index in [1.807, 2.05) is 18.2 Å². The first kappa shape index (κ1) is 22.3. The summed E-state index contributed by atoms with van der Waals surface area (Å²) < 4.78 is 11.3. The van der Waals surface area contributed by atoms with Gasteiger partial charge in [0, 0.05) is 25.6 Å². The molecule has 0 N–H and O–H groups in total. The molecule has 0 aliphatic heterocycles. The van der Waals surface area contributed by atoms with Gasteiger partial charge in [-0.3, -0.25) is 4.79 Å². The third-order valence-corrected chi connectivity index (χ3v) is 4.79. The highest BCUT2D eigenvalue weighted by Gasteiger charge is 2.23. The van der Waals surface area contributed by atoms with E-state index >= 15 is 0 Å². The lowest BCUT2D eigenvalue weighted by molar-refractivity contribution is -0.121. The molecule has 1 atom stereocenters. The number of benzene rings is 2. The Labute approximate surface area is 170 Å². The fourth-order valence-corrected chi connectivity index (χ4v) is 3.36. The smallest absolute Gasteiger partial charge is 0.140 e. The van der Waals surface area contributed by atoms with Gasteiger partial charge in [0.05, 0.1) is 13.2 Å².